The first kappa shape index (κ1) is 26.6. The molecular weight excluding hydrogens is 540 g/mol. The lowest BCUT2D eigenvalue weighted by atomic mass is 9.78. The van der Waals surface area contributed by atoms with Gasteiger partial charge in [0.25, 0.3) is 0 Å². The molecular formula is C33H25ClN2O5. The summed E-state index contributed by atoms with van der Waals surface area (Å²) in [5, 5.41) is 1.10. The Kier molecular flexibility index (Phi) is 6.97. The predicted octanol–water partition coefficient (Wildman–Crippen LogP) is 6.30. The molecule has 0 N–H and O–H groups in total. The van der Waals surface area contributed by atoms with Crippen molar-refractivity contribution in [3.05, 3.63) is 107 Å². The van der Waals surface area contributed by atoms with E-state index >= 15 is 0 Å². The average molecular weight is 565 g/mol. The van der Waals surface area contributed by atoms with Crippen LogP contribution in [0.2, 0.25) is 5.02 Å². The maximum atomic E-state index is 13.2. The van der Waals surface area contributed by atoms with Crippen molar-refractivity contribution in [2.24, 2.45) is 17.8 Å². The molecule has 6 rings (SSSR count). The van der Waals surface area contributed by atoms with Crippen molar-refractivity contribution >= 4 is 51.8 Å². The van der Waals surface area contributed by atoms with Crippen LogP contribution in [0.25, 0.3) is 22.2 Å². The molecule has 0 spiro atoms. The molecule has 2 aliphatic rings. The molecule has 1 aliphatic heterocycles. The van der Waals surface area contributed by atoms with Crippen LogP contribution < -0.4 is 4.90 Å². The lowest BCUT2D eigenvalue weighted by Crippen LogP contribution is -2.31. The number of aromatic nitrogens is 1. The molecule has 0 unspecified atom stereocenters. The van der Waals surface area contributed by atoms with E-state index in [9.17, 15) is 19.2 Å². The number of allylic oxidation sites excluding steroid dienone is 2. The number of rotatable bonds is 6. The molecule has 204 valence electrons. The van der Waals surface area contributed by atoms with Crippen molar-refractivity contribution in [3.63, 3.8) is 0 Å². The molecule has 1 saturated heterocycles. The van der Waals surface area contributed by atoms with Crippen LogP contribution in [-0.4, -0.2) is 35.2 Å². The zero-order chi connectivity index (χ0) is 28.7. The molecule has 3 atom stereocenters. The minimum absolute atomic E-state index is 0.0101. The molecule has 1 aromatic heterocycles. The van der Waals surface area contributed by atoms with E-state index in [-0.39, 0.29) is 40.9 Å². The molecule has 0 radical (unpaired) electrons. The van der Waals surface area contributed by atoms with Crippen LogP contribution in [-0.2, 0) is 14.3 Å². The zero-order valence-corrected chi connectivity index (χ0v) is 22.9. The molecule has 41 heavy (non-hydrogen) atoms. The van der Waals surface area contributed by atoms with Crippen LogP contribution in [0.15, 0.2) is 91.0 Å². The Morgan fingerprint density at radius 1 is 0.976 bits per heavy atom. The fraction of sp³-hybridized carbons (Fsp3) is 0.182. The maximum absolute atomic E-state index is 13.2. The number of benzene rings is 3. The number of anilines is 1. The normalized spacial score (nSPS) is 19.9. The molecule has 7 nitrogen and oxygen atoms in total. The van der Waals surface area contributed by atoms with E-state index in [2.05, 4.69) is 0 Å². The van der Waals surface area contributed by atoms with Gasteiger partial charge in [0.05, 0.1) is 34.3 Å². The van der Waals surface area contributed by atoms with Gasteiger partial charge < -0.3 is 4.74 Å². The van der Waals surface area contributed by atoms with Crippen LogP contribution in [0.1, 0.15) is 34.1 Å². The van der Waals surface area contributed by atoms with Gasteiger partial charge in [-0.05, 0) is 60.9 Å². The molecule has 3 aromatic carbocycles. The van der Waals surface area contributed by atoms with Crippen molar-refractivity contribution in [1.82, 2.24) is 4.98 Å². The summed E-state index contributed by atoms with van der Waals surface area (Å²) in [6, 6.07) is 22.2. The second-order valence-electron chi connectivity index (χ2n) is 10.3. The third-order valence-corrected chi connectivity index (χ3v) is 7.98. The highest BCUT2D eigenvalue weighted by Gasteiger charge is 2.50. The van der Waals surface area contributed by atoms with Gasteiger partial charge in [-0.25, -0.2) is 9.78 Å². The van der Waals surface area contributed by atoms with E-state index in [4.69, 9.17) is 21.3 Å². The first-order valence-electron chi connectivity index (χ1n) is 13.3. The zero-order valence-electron chi connectivity index (χ0n) is 22.1. The van der Waals surface area contributed by atoms with Gasteiger partial charge in [-0.3, -0.25) is 19.3 Å². The van der Waals surface area contributed by atoms with Crippen LogP contribution in [0, 0.1) is 17.8 Å². The Morgan fingerprint density at radius 3 is 2.44 bits per heavy atom. The molecule has 1 aliphatic carbocycles. The van der Waals surface area contributed by atoms with Crippen molar-refractivity contribution in [2.45, 2.75) is 13.3 Å². The van der Waals surface area contributed by atoms with Gasteiger partial charge in [0.1, 0.15) is 0 Å². The summed E-state index contributed by atoms with van der Waals surface area (Å²) in [6.07, 6.45) is 4.55. The number of fused-ring (bicyclic) bond motifs is 2. The van der Waals surface area contributed by atoms with Crippen molar-refractivity contribution in [3.8, 4) is 11.3 Å². The smallest absolute Gasteiger partial charge is 0.339 e. The maximum Gasteiger partial charge on any atom is 0.339 e. The first-order valence-corrected chi connectivity index (χ1v) is 13.7. The van der Waals surface area contributed by atoms with E-state index in [0.29, 0.717) is 44.9 Å². The number of esters is 1. The summed E-state index contributed by atoms with van der Waals surface area (Å²) in [7, 11) is 0. The molecule has 2 amide bonds. The van der Waals surface area contributed by atoms with E-state index in [1.807, 2.05) is 25.1 Å². The highest BCUT2D eigenvalue weighted by Crippen LogP contribution is 2.40. The highest BCUT2D eigenvalue weighted by atomic mass is 35.5. The Labute approximate surface area is 241 Å². The Morgan fingerprint density at radius 2 is 1.71 bits per heavy atom. The van der Waals surface area contributed by atoms with E-state index < -0.39 is 12.6 Å². The SMILES string of the molecule is C[C@@H]1C=CC[C@H]2C(=O)N(c3ccc(-c4cc(C(=O)OCC(=O)c5ccc(Cl)cc5)c5ccccc5n4)cc3)C(=O)[C@@H]12. The molecule has 1 fully saturated rings. The first-order chi connectivity index (χ1) is 19.8. The Hall–Kier alpha value is -4.62. The number of halogens is 1. The summed E-state index contributed by atoms with van der Waals surface area (Å²) >= 11 is 5.89. The third-order valence-electron chi connectivity index (χ3n) is 7.73. The van der Waals surface area contributed by atoms with Crippen LogP contribution >= 0.6 is 11.6 Å². The van der Waals surface area contributed by atoms with Gasteiger partial charge in [0.15, 0.2) is 12.4 Å². The minimum Gasteiger partial charge on any atom is -0.454 e. The van der Waals surface area contributed by atoms with Gasteiger partial charge in [-0.15, -0.1) is 0 Å². The lowest BCUT2D eigenvalue weighted by Gasteiger charge is -2.22. The molecule has 8 heteroatoms. The number of pyridine rings is 1. The Bertz CT molecular complexity index is 1730. The largest absolute Gasteiger partial charge is 0.454 e. The van der Waals surface area contributed by atoms with E-state index in [1.54, 1.807) is 72.8 Å². The number of carbonyl (C=O) groups is 4. The van der Waals surface area contributed by atoms with Gasteiger partial charge in [0.2, 0.25) is 11.8 Å². The monoisotopic (exact) mass is 564 g/mol. The average Bonchev–Trinajstić information content (AvgIpc) is 3.25. The number of Topliss-reactive ketones (excluding diaryl/α,β-unsaturated/α-hetero) is 1. The number of ether oxygens (including phenoxy) is 1. The number of amides is 2. The number of carbonyl (C=O) groups excluding carboxylic acids is 4. The third kappa shape index (κ3) is 4.93. The molecule has 4 aromatic rings. The Balaban J connectivity index is 1.26. The standard InChI is InChI=1S/C33H25ClN2O5/c1-19-5-4-7-25-30(19)32(39)36(31(25)38)23-15-11-20(12-16-23)28-17-26(24-6-2-3-8-27(24)35-28)33(40)41-18-29(37)21-9-13-22(34)14-10-21/h2-6,8-17,19,25,30H,7,18H2,1H3/t19-,25-,30+/m1/s1. The summed E-state index contributed by atoms with van der Waals surface area (Å²) in [6.45, 7) is 1.54. The number of para-hydroxylation sites is 1. The second-order valence-corrected chi connectivity index (χ2v) is 10.7. The predicted molar refractivity (Wildman–Crippen MR) is 156 cm³/mol. The number of imide groups is 1. The quantitative estimate of drug-likeness (QED) is 0.118. The topological polar surface area (TPSA) is 93.6 Å². The van der Waals surface area contributed by atoms with Gasteiger partial charge in [-0.2, -0.15) is 0 Å². The van der Waals surface area contributed by atoms with Gasteiger partial charge >= 0.3 is 5.97 Å². The van der Waals surface area contributed by atoms with E-state index in [1.165, 1.54) is 4.90 Å². The summed E-state index contributed by atoms with van der Waals surface area (Å²) in [4.78, 5) is 58.0. The summed E-state index contributed by atoms with van der Waals surface area (Å²) in [5.41, 5.74) is 2.96. The van der Waals surface area contributed by atoms with Crippen molar-refractivity contribution in [1.29, 1.82) is 0 Å². The van der Waals surface area contributed by atoms with Crippen molar-refractivity contribution in [2.75, 3.05) is 11.5 Å². The number of ketones is 1. The van der Waals surface area contributed by atoms with Crippen LogP contribution in [0.4, 0.5) is 5.69 Å². The van der Waals surface area contributed by atoms with Gasteiger partial charge in [-0.1, -0.05) is 61.0 Å². The minimum atomic E-state index is -0.651. The summed E-state index contributed by atoms with van der Waals surface area (Å²) < 4.78 is 5.40. The molecule has 2 heterocycles. The highest BCUT2D eigenvalue weighted by molar-refractivity contribution is 6.30. The van der Waals surface area contributed by atoms with E-state index in [0.717, 1.165) is 0 Å². The number of hydrogen-bond acceptors (Lipinski definition) is 6. The molecule has 0 bridgehead atoms. The fourth-order valence-electron chi connectivity index (χ4n) is 5.60. The van der Waals surface area contributed by atoms with Crippen LogP contribution in [0.5, 0.6) is 0 Å². The molecule has 0 saturated carbocycles. The number of nitrogens with zero attached hydrogens (tertiary/aromatic N) is 2. The van der Waals surface area contributed by atoms with Crippen LogP contribution in [0.3, 0.4) is 0 Å². The fourth-order valence-corrected chi connectivity index (χ4v) is 5.73. The number of hydrogen-bond donors (Lipinski definition) is 0. The lowest BCUT2D eigenvalue weighted by molar-refractivity contribution is -0.122. The summed E-state index contributed by atoms with van der Waals surface area (Å²) in [5.74, 6) is -2.00. The van der Waals surface area contributed by atoms with Gasteiger partial charge in [0, 0.05) is 21.5 Å². The second kappa shape index (κ2) is 10.7. The van der Waals surface area contributed by atoms with Crippen molar-refractivity contribution < 1.29 is 23.9 Å².